The van der Waals surface area contributed by atoms with Gasteiger partial charge in [-0.25, -0.2) is 0 Å². The summed E-state index contributed by atoms with van der Waals surface area (Å²) >= 11 is 1.36. The SMILES string of the molecule is CCCC1=NN2C(=N)/C(=C/c3c(C)n(CCOc4ccccc4OC)c4ccccc34)C(=O)N=C2S1. The maximum Gasteiger partial charge on any atom is 0.283 e. The third-order valence-corrected chi connectivity index (χ3v) is 7.14. The molecule has 3 aromatic rings. The van der Waals surface area contributed by atoms with Crippen molar-refractivity contribution in [1.82, 2.24) is 9.58 Å². The van der Waals surface area contributed by atoms with Crippen LogP contribution in [0.5, 0.6) is 11.5 Å². The van der Waals surface area contributed by atoms with Gasteiger partial charge in [0.2, 0.25) is 5.17 Å². The van der Waals surface area contributed by atoms with Crippen molar-refractivity contribution in [2.75, 3.05) is 13.7 Å². The summed E-state index contributed by atoms with van der Waals surface area (Å²) in [6.07, 6.45) is 3.51. The molecule has 1 amide bonds. The highest BCUT2D eigenvalue weighted by Crippen LogP contribution is 2.33. The molecule has 2 aliphatic rings. The van der Waals surface area contributed by atoms with Crippen LogP contribution in [0.2, 0.25) is 0 Å². The predicted octanol–water partition coefficient (Wildman–Crippen LogP) is 5.46. The average Bonchev–Trinajstić information content (AvgIpc) is 3.40. The quantitative estimate of drug-likeness (QED) is 0.414. The standard InChI is InChI=1S/C27H27N5O3S/c1-4-9-24-30-32-25(28)20(26(33)29-27(32)36-24)16-19-17(2)31(21-11-6-5-10-18(19)21)14-15-35-23-13-8-7-12-22(23)34-3/h5-8,10-13,16,28H,4,9,14-15H2,1-3H3/b20-16-,28-25?. The topological polar surface area (TPSA) is 92.3 Å². The maximum atomic E-state index is 12.9. The second-order valence-electron chi connectivity index (χ2n) is 8.43. The summed E-state index contributed by atoms with van der Waals surface area (Å²) in [6.45, 7) is 5.14. The molecule has 2 aliphatic heterocycles. The molecule has 2 aromatic carbocycles. The molecule has 0 spiro atoms. The van der Waals surface area contributed by atoms with Gasteiger partial charge < -0.3 is 14.0 Å². The van der Waals surface area contributed by atoms with Crippen molar-refractivity contribution in [1.29, 1.82) is 5.41 Å². The maximum absolute atomic E-state index is 12.9. The number of ether oxygens (including phenoxy) is 2. The smallest absolute Gasteiger partial charge is 0.283 e. The van der Waals surface area contributed by atoms with Crippen molar-refractivity contribution in [2.45, 2.75) is 33.2 Å². The second-order valence-corrected chi connectivity index (χ2v) is 9.47. The van der Waals surface area contributed by atoms with Crippen LogP contribution in [0.4, 0.5) is 0 Å². The Balaban J connectivity index is 1.46. The van der Waals surface area contributed by atoms with E-state index >= 15 is 0 Å². The van der Waals surface area contributed by atoms with Crippen molar-refractivity contribution in [3.8, 4) is 11.5 Å². The Kier molecular flexibility index (Phi) is 6.65. The number of fused-ring (bicyclic) bond motifs is 2. The van der Waals surface area contributed by atoms with E-state index in [0.717, 1.165) is 40.0 Å². The van der Waals surface area contributed by atoms with Gasteiger partial charge in [0.1, 0.15) is 11.7 Å². The minimum atomic E-state index is -0.414. The Bertz CT molecular complexity index is 1450. The van der Waals surface area contributed by atoms with Crippen molar-refractivity contribution in [2.24, 2.45) is 10.1 Å². The van der Waals surface area contributed by atoms with Crippen LogP contribution in [0.1, 0.15) is 31.0 Å². The molecule has 3 heterocycles. The average molecular weight is 502 g/mol. The van der Waals surface area contributed by atoms with Gasteiger partial charge in [0.05, 0.1) is 19.2 Å². The molecule has 5 rings (SSSR count). The summed E-state index contributed by atoms with van der Waals surface area (Å²) in [7, 11) is 1.62. The Morgan fingerprint density at radius 1 is 1.11 bits per heavy atom. The van der Waals surface area contributed by atoms with Crippen LogP contribution in [0.25, 0.3) is 17.0 Å². The fourth-order valence-corrected chi connectivity index (χ4v) is 5.39. The number of aliphatic imine (C=N–C) groups is 1. The van der Waals surface area contributed by atoms with Crippen molar-refractivity contribution in [3.63, 3.8) is 0 Å². The summed E-state index contributed by atoms with van der Waals surface area (Å²) in [5, 5.41) is 17.0. The van der Waals surface area contributed by atoms with E-state index in [0.29, 0.717) is 29.8 Å². The zero-order valence-corrected chi connectivity index (χ0v) is 21.3. The van der Waals surface area contributed by atoms with E-state index in [1.54, 1.807) is 13.2 Å². The number of methoxy groups -OCH3 is 1. The van der Waals surface area contributed by atoms with Gasteiger partial charge in [-0.15, -0.1) is 0 Å². The lowest BCUT2D eigenvalue weighted by Gasteiger charge is -2.20. The fourth-order valence-electron chi connectivity index (χ4n) is 4.40. The van der Waals surface area contributed by atoms with Crippen LogP contribution >= 0.6 is 11.8 Å². The Morgan fingerprint density at radius 3 is 2.64 bits per heavy atom. The Hall–Kier alpha value is -3.85. The van der Waals surface area contributed by atoms with Crippen LogP contribution in [-0.2, 0) is 11.3 Å². The lowest BCUT2D eigenvalue weighted by molar-refractivity contribution is -0.114. The van der Waals surface area contributed by atoms with Gasteiger partial charge in [0.25, 0.3) is 5.91 Å². The third kappa shape index (κ3) is 4.30. The highest BCUT2D eigenvalue weighted by molar-refractivity contribution is 8.26. The number of nitrogens with zero attached hydrogens (tertiary/aromatic N) is 4. The second kappa shape index (κ2) is 10.0. The number of rotatable bonds is 8. The molecule has 1 aromatic heterocycles. The van der Waals surface area contributed by atoms with Gasteiger partial charge in [-0.1, -0.05) is 37.3 Å². The summed E-state index contributed by atoms with van der Waals surface area (Å²) in [5.41, 5.74) is 3.13. The molecular weight excluding hydrogens is 474 g/mol. The number of benzene rings is 2. The molecule has 0 fully saturated rings. The van der Waals surface area contributed by atoms with Crippen molar-refractivity contribution >= 4 is 50.7 Å². The molecule has 0 atom stereocenters. The molecule has 9 heteroatoms. The molecule has 184 valence electrons. The number of hydrazone groups is 1. The van der Waals surface area contributed by atoms with Gasteiger partial charge in [-0.3, -0.25) is 10.2 Å². The third-order valence-electron chi connectivity index (χ3n) is 6.17. The van der Waals surface area contributed by atoms with E-state index in [1.165, 1.54) is 16.8 Å². The summed E-state index contributed by atoms with van der Waals surface area (Å²) in [6, 6.07) is 15.6. The lowest BCUT2D eigenvalue weighted by Crippen LogP contribution is -2.35. The minimum Gasteiger partial charge on any atom is -0.493 e. The first kappa shape index (κ1) is 23.9. The first-order chi connectivity index (χ1) is 17.5. The van der Waals surface area contributed by atoms with E-state index in [4.69, 9.17) is 14.9 Å². The first-order valence-electron chi connectivity index (χ1n) is 11.8. The number of hydrogen-bond donors (Lipinski definition) is 1. The van der Waals surface area contributed by atoms with Crippen LogP contribution in [-0.4, -0.2) is 45.2 Å². The first-order valence-corrected chi connectivity index (χ1v) is 12.7. The highest BCUT2D eigenvalue weighted by Gasteiger charge is 2.35. The zero-order valence-electron chi connectivity index (χ0n) is 20.4. The van der Waals surface area contributed by atoms with E-state index in [1.807, 2.05) is 49.4 Å². The highest BCUT2D eigenvalue weighted by atomic mass is 32.2. The number of aromatic nitrogens is 1. The summed E-state index contributed by atoms with van der Waals surface area (Å²) in [4.78, 5) is 17.2. The molecule has 0 saturated carbocycles. The number of carbonyl (C=O) groups excluding carboxylic acids is 1. The molecule has 8 nitrogen and oxygen atoms in total. The largest absolute Gasteiger partial charge is 0.493 e. The number of carbonyl (C=O) groups is 1. The van der Waals surface area contributed by atoms with E-state index in [2.05, 4.69) is 27.7 Å². The Morgan fingerprint density at radius 2 is 1.86 bits per heavy atom. The number of para-hydroxylation sites is 3. The molecule has 1 N–H and O–H groups in total. The molecule has 0 unspecified atom stereocenters. The summed E-state index contributed by atoms with van der Waals surface area (Å²) < 4.78 is 13.6. The van der Waals surface area contributed by atoms with Crippen molar-refractivity contribution < 1.29 is 14.3 Å². The molecule has 36 heavy (non-hydrogen) atoms. The summed E-state index contributed by atoms with van der Waals surface area (Å²) in [5.74, 6) is 1.02. The Labute approximate surface area is 213 Å². The van der Waals surface area contributed by atoms with E-state index in [9.17, 15) is 4.79 Å². The molecular formula is C27H27N5O3S. The normalized spacial score (nSPS) is 16.4. The molecule has 0 saturated heterocycles. The van der Waals surface area contributed by atoms with Gasteiger partial charge in [0, 0.05) is 22.2 Å². The lowest BCUT2D eigenvalue weighted by atomic mass is 10.1. The van der Waals surface area contributed by atoms with Crippen LogP contribution in [0.15, 0.2) is 64.2 Å². The number of nitrogens with one attached hydrogen (secondary N) is 1. The minimum absolute atomic E-state index is 0.0549. The molecule has 0 aliphatic carbocycles. The number of hydrogen-bond acceptors (Lipinski definition) is 6. The molecule has 0 radical (unpaired) electrons. The number of amidine groups is 2. The van der Waals surface area contributed by atoms with Gasteiger partial charge >= 0.3 is 0 Å². The van der Waals surface area contributed by atoms with Crippen LogP contribution in [0.3, 0.4) is 0 Å². The van der Waals surface area contributed by atoms with Crippen LogP contribution < -0.4 is 9.47 Å². The van der Waals surface area contributed by atoms with Crippen molar-refractivity contribution in [3.05, 3.63) is 65.4 Å². The van der Waals surface area contributed by atoms with Crippen LogP contribution in [0, 0.1) is 12.3 Å². The zero-order chi connectivity index (χ0) is 25.2. The molecule has 0 bridgehead atoms. The van der Waals surface area contributed by atoms with E-state index < -0.39 is 5.91 Å². The van der Waals surface area contributed by atoms with E-state index in [-0.39, 0.29) is 11.4 Å². The number of amides is 1. The van der Waals surface area contributed by atoms with Gasteiger partial charge in [-0.05, 0) is 55.8 Å². The monoisotopic (exact) mass is 501 g/mol. The fraction of sp³-hybridized carbons (Fsp3) is 0.259. The number of thioether (sulfide) groups is 1. The van der Waals surface area contributed by atoms with Gasteiger partial charge in [-0.2, -0.15) is 15.1 Å². The van der Waals surface area contributed by atoms with Gasteiger partial charge in [0.15, 0.2) is 17.3 Å². The predicted molar refractivity (Wildman–Crippen MR) is 145 cm³/mol.